The van der Waals surface area contributed by atoms with Crippen LogP contribution in [-0.2, 0) is 17.2 Å². The standard InChI is InChI=1S/C36H35N5O2S/c1-23-12-10-16-31(25(23)3)38-34(42)32-26(4)37-35-39-36(44-22-27-13-6-5-7-14-27)40-41(35)33(32)28-17-19-30(20-18-28)43-21-29-15-9-8-11-24(29)2/h5-20,33H,21-22H2,1-4H3,(H,38,42)(H,37,39,40). The molecule has 2 N–H and O–H groups in total. The van der Waals surface area contributed by atoms with E-state index in [-0.39, 0.29) is 5.91 Å². The molecular formula is C36H35N5O2S. The molecule has 1 aliphatic rings. The fourth-order valence-corrected chi connectivity index (χ4v) is 6.06. The molecule has 1 aliphatic heterocycles. The minimum atomic E-state index is -0.486. The fraction of sp³-hybridized carbons (Fsp3) is 0.194. The molecule has 1 unspecified atom stereocenters. The zero-order chi connectivity index (χ0) is 30.6. The number of anilines is 2. The molecule has 44 heavy (non-hydrogen) atoms. The van der Waals surface area contributed by atoms with E-state index >= 15 is 0 Å². The van der Waals surface area contributed by atoms with Gasteiger partial charge in [0.05, 0.1) is 5.57 Å². The second-order valence-electron chi connectivity index (χ2n) is 11.0. The maximum Gasteiger partial charge on any atom is 0.255 e. The number of nitrogens with zero attached hydrogens (tertiary/aromatic N) is 3. The van der Waals surface area contributed by atoms with Crippen LogP contribution in [0.4, 0.5) is 11.6 Å². The van der Waals surface area contributed by atoms with Gasteiger partial charge in [-0.15, -0.1) is 5.10 Å². The molecule has 1 aromatic heterocycles. The Kier molecular flexibility index (Phi) is 8.52. The van der Waals surface area contributed by atoms with Gasteiger partial charge in [0.2, 0.25) is 11.1 Å². The Labute approximate surface area is 262 Å². The van der Waals surface area contributed by atoms with E-state index in [2.05, 4.69) is 41.8 Å². The first-order valence-electron chi connectivity index (χ1n) is 14.6. The van der Waals surface area contributed by atoms with E-state index < -0.39 is 6.04 Å². The second-order valence-corrected chi connectivity index (χ2v) is 11.9. The second kappa shape index (κ2) is 12.8. The minimum Gasteiger partial charge on any atom is -0.489 e. The summed E-state index contributed by atoms with van der Waals surface area (Å²) in [6.07, 6.45) is 0. The molecule has 222 valence electrons. The van der Waals surface area contributed by atoms with Crippen molar-refractivity contribution in [1.82, 2.24) is 14.8 Å². The molecule has 8 heteroatoms. The van der Waals surface area contributed by atoms with E-state index in [0.29, 0.717) is 23.3 Å². The molecular weight excluding hydrogens is 566 g/mol. The minimum absolute atomic E-state index is 0.187. The maximum absolute atomic E-state index is 14.0. The van der Waals surface area contributed by atoms with Gasteiger partial charge < -0.3 is 15.4 Å². The Morgan fingerprint density at radius 2 is 1.61 bits per heavy atom. The van der Waals surface area contributed by atoms with Crippen LogP contribution in [0.15, 0.2) is 113 Å². The van der Waals surface area contributed by atoms with Gasteiger partial charge in [-0.2, -0.15) is 4.98 Å². The monoisotopic (exact) mass is 601 g/mol. The van der Waals surface area contributed by atoms with Crippen molar-refractivity contribution >= 4 is 29.3 Å². The summed E-state index contributed by atoms with van der Waals surface area (Å²) in [6.45, 7) is 8.54. The van der Waals surface area contributed by atoms with E-state index in [4.69, 9.17) is 14.8 Å². The van der Waals surface area contributed by atoms with Gasteiger partial charge in [-0.3, -0.25) is 4.79 Å². The Balaban J connectivity index is 1.31. The first kappa shape index (κ1) is 29.3. The number of nitrogens with one attached hydrogen (secondary N) is 2. The molecule has 1 atom stereocenters. The van der Waals surface area contributed by atoms with Crippen LogP contribution in [0, 0.1) is 20.8 Å². The molecule has 0 aliphatic carbocycles. The van der Waals surface area contributed by atoms with Gasteiger partial charge in [-0.05, 0) is 79.3 Å². The van der Waals surface area contributed by atoms with Gasteiger partial charge in [0.15, 0.2) is 0 Å². The Morgan fingerprint density at radius 3 is 2.39 bits per heavy atom. The molecule has 5 aromatic rings. The summed E-state index contributed by atoms with van der Waals surface area (Å²) < 4.78 is 7.94. The van der Waals surface area contributed by atoms with Gasteiger partial charge in [0.1, 0.15) is 18.4 Å². The smallest absolute Gasteiger partial charge is 0.255 e. The van der Waals surface area contributed by atoms with Crippen molar-refractivity contribution in [2.75, 3.05) is 10.6 Å². The van der Waals surface area contributed by atoms with Gasteiger partial charge in [0, 0.05) is 17.1 Å². The maximum atomic E-state index is 14.0. The highest BCUT2D eigenvalue weighted by molar-refractivity contribution is 7.98. The SMILES string of the molecule is CC1=C(C(=O)Nc2cccc(C)c2C)C(c2ccc(OCc3ccccc3C)cc2)n2nc(SCc3ccccc3)nc2N1. The lowest BCUT2D eigenvalue weighted by Crippen LogP contribution is -2.31. The Hall–Kier alpha value is -4.82. The number of thioether (sulfide) groups is 1. The lowest BCUT2D eigenvalue weighted by atomic mass is 9.94. The number of aryl methyl sites for hydroxylation is 2. The van der Waals surface area contributed by atoms with E-state index in [1.54, 1.807) is 11.8 Å². The molecule has 0 fully saturated rings. The summed E-state index contributed by atoms with van der Waals surface area (Å²) >= 11 is 1.57. The highest BCUT2D eigenvalue weighted by Crippen LogP contribution is 2.38. The summed E-state index contributed by atoms with van der Waals surface area (Å²) in [7, 11) is 0. The van der Waals surface area contributed by atoms with Crippen LogP contribution in [0.2, 0.25) is 0 Å². The van der Waals surface area contributed by atoms with Crippen molar-refractivity contribution in [2.45, 2.75) is 51.3 Å². The van der Waals surface area contributed by atoms with Gasteiger partial charge in [0.25, 0.3) is 5.91 Å². The fourth-order valence-electron chi connectivity index (χ4n) is 5.27. The molecule has 0 saturated heterocycles. The summed E-state index contributed by atoms with van der Waals surface area (Å²) in [5.74, 6) is 1.92. The van der Waals surface area contributed by atoms with E-state index in [0.717, 1.165) is 45.1 Å². The molecule has 2 heterocycles. The highest BCUT2D eigenvalue weighted by atomic mass is 32.2. The number of allylic oxidation sites excluding steroid dienone is 1. The number of fused-ring (bicyclic) bond motifs is 1. The predicted octanol–water partition coefficient (Wildman–Crippen LogP) is 8.00. The van der Waals surface area contributed by atoms with Crippen molar-refractivity contribution in [3.63, 3.8) is 0 Å². The molecule has 1 amide bonds. The number of hydrogen-bond donors (Lipinski definition) is 2. The number of amides is 1. The van der Waals surface area contributed by atoms with Crippen molar-refractivity contribution in [3.05, 3.63) is 142 Å². The third-order valence-electron chi connectivity index (χ3n) is 7.99. The third-order valence-corrected chi connectivity index (χ3v) is 8.90. The van der Waals surface area contributed by atoms with Gasteiger partial charge in [-0.25, -0.2) is 4.68 Å². The van der Waals surface area contributed by atoms with Crippen LogP contribution < -0.4 is 15.4 Å². The molecule has 7 nitrogen and oxygen atoms in total. The van der Waals surface area contributed by atoms with Crippen LogP contribution in [0.3, 0.4) is 0 Å². The zero-order valence-electron chi connectivity index (χ0n) is 25.3. The van der Waals surface area contributed by atoms with Crippen molar-refractivity contribution < 1.29 is 9.53 Å². The number of benzene rings is 4. The van der Waals surface area contributed by atoms with E-state index in [9.17, 15) is 4.79 Å². The molecule has 0 spiro atoms. The summed E-state index contributed by atoms with van der Waals surface area (Å²) in [6, 6.07) is 31.8. The molecule has 0 saturated carbocycles. The Morgan fingerprint density at radius 1 is 0.886 bits per heavy atom. The van der Waals surface area contributed by atoms with Crippen LogP contribution in [0.5, 0.6) is 5.75 Å². The first-order valence-corrected chi connectivity index (χ1v) is 15.6. The summed E-state index contributed by atoms with van der Waals surface area (Å²) in [5, 5.41) is 12.0. The topological polar surface area (TPSA) is 81.1 Å². The van der Waals surface area contributed by atoms with Crippen LogP contribution >= 0.6 is 11.8 Å². The highest BCUT2D eigenvalue weighted by Gasteiger charge is 2.34. The number of ether oxygens (including phenoxy) is 1. The lowest BCUT2D eigenvalue weighted by molar-refractivity contribution is -0.113. The zero-order valence-corrected chi connectivity index (χ0v) is 26.1. The van der Waals surface area contributed by atoms with Gasteiger partial charge >= 0.3 is 0 Å². The van der Waals surface area contributed by atoms with E-state index in [1.165, 1.54) is 11.1 Å². The number of carbonyl (C=O) groups excluding carboxylic acids is 1. The lowest BCUT2D eigenvalue weighted by Gasteiger charge is -2.29. The third kappa shape index (κ3) is 6.26. The molecule has 4 aromatic carbocycles. The normalized spacial score (nSPS) is 14.1. The largest absolute Gasteiger partial charge is 0.489 e. The number of rotatable bonds is 9. The number of hydrogen-bond acceptors (Lipinski definition) is 6. The molecule has 6 rings (SSSR count). The van der Waals surface area contributed by atoms with Crippen molar-refractivity contribution in [2.24, 2.45) is 0 Å². The van der Waals surface area contributed by atoms with Crippen LogP contribution in [0.25, 0.3) is 0 Å². The average Bonchev–Trinajstić information content (AvgIpc) is 3.44. The first-order chi connectivity index (χ1) is 21.4. The van der Waals surface area contributed by atoms with Crippen LogP contribution in [0.1, 0.15) is 46.3 Å². The van der Waals surface area contributed by atoms with Crippen molar-refractivity contribution in [3.8, 4) is 5.75 Å². The number of carbonyl (C=O) groups is 1. The Bertz CT molecular complexity index is 1830. The molecule has 0 bridgehead atoms. The summed E-state index contributed by atoms with van der Waals surface area (Å²) in [5.41, 5.74) is 8.70. The van der Waals surface area contributed by atoms with Crippen LogP contribution in [-0.4, -0.2) is 20.7 Å². The average molecular weight is 602 g/mol. The van der Waals surface area contributed by atoms with Gasteiger partial charge in [-0.1, -0.05) is 90.6 Å². The van der Waals surface area contributed by atoms with Crippen molar-refractivity contribution in [1.29, 1.82) is 0 Å². The molecule has 0 radical (unpaired) electrons. The van der Waals surface area contributed by atoms with E-state index in [1.807, 2.05) is 98.2 Å². The summed E-state index contributed by atoms with van der Waals surface area (Å²) in [4.78, 5) is 18.8. The number of aromatic nitrogens is 3. The predicted molar refractivity (Wildman–Crippen MR) is 177 cm³/mol. The quantitative estimate of drug-likeness (QED) is 0.167.